The molecule has 4 rings (SSSR count). The monoisotopic (exact) mass is 390 g/mol. The van der Waals surface area contributed by atoms with E-state index in [4.69, 9.17) is 0 Å². The van der Waals surface area contributed by atoms with Gasteiger partial charge in [-0.15, -0.1) is 0 Å². The van der Waals surface area contributed by atoms with Gasteiger partial charge in [-0.25, -0.2) is 0 Å². The standard InChI is InChI=1S/C20H18N6O3/c1-2-24-13-17(26(28)29)19(23-24)20(27)21-18-10-11-25(22-18)12-15-8-5-7-14-6-3-4-9-16(14)15/h3-11,13H,2,12H2,1H3,(H,21,22,27). The number of fused-ring (bicyclic) bond motifs is 1. The van der Waals surface area contributed by atoms with Gasteiger partial charge in [0.25, 0.3) is 5.91 Å². The molecular formula is C20H18N6O3. The molecule has 0 spiro atoms. The molecule has 0 atom stereocenters. The van der Waals surface area contributed by atoms with Crippen LogP contribution in [0.25, 0.3) is 10.8 Å². The molecule has 0 radical (unpaired) electrons. The highest BCUT2D eigenvalue weighted by molar-refractivity contribution is 6.05. The molecule has 0 unspecified atom stereocenters. The van der Waals surface area contributed by atoms with Crippen LogP contribution < -0.4 is 5.32 Å². The first-order valence-electron chi connectivity index (χ1n) is 9.08. The van der Waals surface area contributed by atoms with E-state index in [2.05, 4.69) is 33.7 Å². The Labute approximate surface area is 165 Å². The van der Waals surface area contributed by atoms with Crippen molar-refractivity contribution in [1.29, 1.82) is 0 Å². The Bertz CT molecular complexity index is 1200. The van der Waals surface area contributed by atoms with Gasteiger partial charge in [-0.05, 0) is 23.3 Å². The summed E-state index contributed by atoms with van der Waals surface area (Å²) in [4.78, 5) is 23.0. The molecule has 2 aromatic heterocycles. The van der Waals surface area contributed by atoms with Crippen LogP contribution in [0.2, 0.25) is 0 Å². The summed E-state index contributed by atoms with van der Waals surface area (Å²) in [6, 6.07) is 15.8. The van der Waals surface area contributed by atoms with Gasteiger partial charge >= 0.3 is 5.69 Å². The summed E-state index contributed by atoms with van der Waals surface area (Å²) in [5.74, 6) is -0.366. The minimum atomic E-state index is -0.667. The molecule has 0 aliphatic rings. The van der Waals surface area contributed by atoms with Crippen LogP contribution in [0.15, 0.2) is 60.9 Å². The number of nitro groups is 1. The molecule has 146 valence electrons. The Kier molecular flexibility index (Phi) is 4.78. The lowest BCUT2D eigenvalue weighted by molar-refractivity contribution is -0.385. The molecule has 0 fully saturated rings. The molecule has 2 heterocycles. The maximum Gasteiger partial charge on any atom is 0.320 e. The van der Waals surface area contributed by atoms with E-state index < -0.39 is 10.8 Å². The molecule has 0 saturated heterocycles. The van der Waals surface area contributed by atoms with Gasteiger partial charge in [0.05, 0.1) is 11.5 Å². The normalized spacial score (nSPS) is 10.9. The summed E-state index contributed by atoms with van der Waals surface area (Å²) < 4.78 is 3.06. The Morgan fingerprint density at radius 1 is 1.10 bits per heavy atom. The highest BCUT2D eigenvalue weighted by Gasteiger charge is 2.25. The summed E-state index contributed by atoms with van der Waals surface area (Å²) in [5, 5.41) is 24.4. The van der Waals surface area contributed by atoms with E-state index >= 15 is 0 Å². The van der Waals surface area contributed by atoms with Gasteiger partial charge in [-0.3, -0.25) is 24.3 Å². The molecule has 2 aromatic carbocycles. The van der Waals surface area contributed by atoms with Gasteiger partial charge in [0.2, 0.25) is 5.69 Å². The molecular weight excluding hydrogens is 372 g/mol. The van der Waals surface area contributed by atoms with Crippen LogP contribution in [0.1, 0.15) is 23.0 Å². The maximum absolute atomic E-state index is 12.5. The van der Waals surface area contributed by atoms with Crippen molar-refractivity contribution in [2.45, 2.75) is 20.0 Å². The van der Waals surface area contributed by atoms with E-state index in [1.165, 1.54) is 10.9 Å². The van der Waals surface area contributed by atoms with Crippen LogP contribution in [0.5, 0.6) is 0 Å². The van der Waals surface area contributed by atoms with Crippen molar-refractivity contribution >= 4 is 28.2 Å². The van der Waals surface area contributed by atoms with E-state index in [0.29, 0.717) is 18.9 Å². The van der Waals surface area contributed by atoms with E-state index in [0.717, 1.165) is 16.3 Å². The number of aryl methyl sites for hydroxylation is 1. The highest BCUT2D eigenvalue weighted by atomic mass is 16.6. The Hall–Kier alpha value is -4.01. The fourth-order valence-corrected chi connectivity index (χ4v) is 3.17. The third-order valence-electron chi connectivity index (χ3n) is 4.57. The second-order valence-corrected chi connectivity index (χ2v) is 6.47. The molecule has 0 bridgehead atoms. The molecule has 9 heteroatoms. The second-order valence-electron chi connectivity index (χ2n) is 6.47. The van der Waals surface area contributed by atoms with Crippen LogP contribution in [-0.2, 0) is 13.1 Å². The Morgan fingerprint density at radius 3 is 2.69 bits per heavy atom. The quantitative estimate of drug-likeness (QED) is 0.401. The predicted molar refractivity (Wildman–Crippen MR) is 108 cm³/mol. The molecule has 29 heavy (non-hydrogen) atoms. The van der Waals surface area contributed by atoms with Gasteiger partial charge in [-0.1, -0.05) is 42.5 Å². The zero-order valence-corrected chi connectivity index (χ0v) is 15.6. The molecule has 0 aliphatic carbocycles. The number of rotatable bonds is 6. The van der Waals surface area contributed by atoms with E-state index in [9.17, 15) is 14.9 Å². The number of anilines is 1. The summed E-state index contributed by atoms with van der Waals surface area (Å²) in [7, 11) is 0. The second kappa shape index (κ2) is 7.55. The summed E-state index contributed by atoms with van der Waals surface area (Å²) >= 11 is 0. The third kappa shape index (κ3) is 3.70. The average Bonchev–Trinajstić information content (AvgIpc) is 3.35. The first kappa shape index (κ1) is 18.4. The number of nitrogens with one attached hydrogen (secondary N) is 1. The minimum absolute atomic E-state index is 0.236. The summed E-state index contributed by atoms with van der Waals surface area (Å²) in [6.45, 7) is 2.74. The number of carbonyl (C=O) groups excluding carboxylic acids is 1. The first-order chi connectivity index (χ1) is 14.0. The van der Waals surface area contributed by atoms with E-state index in [-0.39, 0.29) is 11.4 Å². The van der Waals surface area contributed by atoms with Crippen molar-refractivity contribution in [3.8, 4) is 0 Å². The zero-order chi connectivity index (χ0) is 20.4. The lowest BCUT2D eigenvalue weighted by Crippen LogP contribution is -2.15. The number of hydrogen-bond acceptors (Lipinski definition) is 5. The SMILES string of the molecule is CCn1cc([N+](=O)[O-])c(C(=O)Nc2ccn(Cc3cccc4ccccc34)n2)n1. The van der Waals surface area contributed by atoms with Crippen molar-refractivity contribution in [2.24, 2.45) is 0 Å². The average molecular weight is 390 g/mol. The minimum Gasteiger partial charge on any atom is -0.303 e. The molecule has 4 aromatic rings. The zero-order valence-electron chi connectivity index (χ0n) is 15.6. The van der Waals surface area contributed by atoms with Crippen molar-refractivity contribution in [3.63, 3.8) is 0 Å². The fraction of sp³-hybridized carbons (Fsp3) is 0.150. The number of hydrogen-bond donors (Lipinski definition) is 1. The fourth-order valence-electron chi connectivity index (χ4n) is 3.17. The van der Waals surface area contributed by atoms with Crippen LogP contribution in [-0.4, -0.2) is 30.4 Å². The largest absolute Gasteiger partial charge is 0.320 e. The topological polar surface area (TPSA) is 108 Å². The van der Waals surface area contributed by atoms with E-state index in [1.54, 1.807) is 23.9 Å². The molecule has 1 N–H and O–H groups in total. The van der Waals surface area contributed by atoms with Crippen LogP contribution >= 0.6 is 0 Å². The van der Waals surface area contributed by atoms with Crippen LogP contribution in [0, 0.1) is 10.1 Å². The number of benzene rings is 2. The van der Waals surface area contributed by atoms with Gasteiger partial charge in [0.1, 0.15) is 6.20 Å². The summed E-state index contributed by atoms with van der Waals surface area (Å²) in [6.07, 6.45) is 2.99. The van der Waals surface area contributed by atoms with Crippen molar-refractivity contribution in [1.82, 2.24) is 19.6 Å². The first-order valence-corrected chi connectivity index (χ1v) is 9.08. The molecule has 0 saturated carbocycles. The van der Waals surface area contributed by atoms with Gasteiger partial charge in [0, 0.05) is 18.8 Å². The maximum atomic E-state index is 12.5. The number of amides is 1. The predicted octanol–water partition coefficient (Wildman–Crippen LogP) is 3.46. The molecule has 9 nitrogen and oxygen atoms in total. The smallest absolute Gasteiger partial charge is 0.303 e. The van der Waals surface area contributed by atoms with Gasteiger partial charge in [0.15, 0.2) is 5.82 Å². The number of nitrogens with zero attached hydrogens (tertiary/aromatic N) is 5. The lowest BCUT2D eigenvalue weighted by Gasteiger charge is -2.06. The van der Waals surface area contributed by atoms with Crippen molar-refractivity contribution in [2.75, 3.05) is 5.32 Å². The summed E-state index contributed by atoms with van der Waals surface area (Å²) in [5.41, 5.74) is 0.529. The number of carbonyl (C=O) groups is 1. The molecule has 0 aliphatic heterocycles. The van der Waals surface area contributed by atoms with Gasteiger partial charge < -0.3 is 5.32 Å². The number of aromatic nitrogens is 4. The Morgan fingerprint density at radius 2 is 1.90 bits per heavy atom. The van der Waals surface area contributed by atoms with Crippen LogP contribution in [0.4, 0.5) is 11.5 Å². The van der Waals surface area contributed by atoms with Crippen molar-refractivity contribution < 1.29 is 9.72 Å². The third-order valence-corrected chi connectivity index (χ3v) is 4.57. The van der Waals surface area contributed by atoms with Gasteiger partial charge in [-0.2, -0.15) is 10.2 Å². The van der Waals surface area contributed by atoms with E-state index in [1.807, 2.05) is 24.3 Å². The highest BCUT2D eigenvalue weighted by Crippen LogP contribution is 2.20. The molecule has 1 amide bonds. The lowest BCUT2D eigenvalue weighted by atomic mass is 10.0. The van der Waals surface area contributed by atoms with Crippen LogP contribution in [0.3, 0.4) is 0 Å². The Balaban J connectivity index is 1.53. The van der Waals surface area contributed by atoms with Crippen molar-refractivity contribution in [3.05, 3.63) is 82.3 Å².